The van der Waals surface area contributed by atoms with Crippen molar-refractivity contribution in [3.63, 3.8) is 0 Å². The van der Waals surface area contributed by atoms with Gasteiger partial charge in [-0.25, -0.2) is 0 Å². The van der Waals surface area contributed by atoms with Crippen molar-refractivity contribution in [3.05, 3.63) is 20.8 Å². The van der Waals surface area contributed by atoms with E-state index in [9.17, 15) is 0 Å². The van der Waals surface area contributed by atoms with Crippen molar-refractivity contribution >= 4 is 44.0 Å². The van der Waals surface area contributed by atoms with E-state index in [1.165, 1.54) is 11.3 Å². The first kappa shape index (κ1) is 8.04. The van der Waals surface area contributed by atoms with Gasteiger partial charge in [-0.15, -0.1) is 11.3 Å². The molecule has 1 aromatic heterocycles. The predicted octanol–water partition coefficient (Wildman–Crippen LogP) is 2.89. The van der Waals surface area contributed by atoms with Gasteiger partial charge in [-0.1, -0.05) is 16.8 Å². The van der Waals surface area contributed by atoms with Crippen LogP contribution in [0.2, 0.25) is 0 Å². The molecule has 5 heteroatoms. The number of hydrogen-bond donors (Lipinski definition) is 1. The number of hydrogen-bond acceptors (Lipinski definition) is 3. The fourth-order valence-electron chi connectivity index (χ4n) is 0.474. The lowest BCUT2D eigenvalue weighted by Gasteiger charge is -1.84. The largest absolute Gasteiger partial charge is 0.410 e. The lowest BCUT2D eigenvalue weighted by atomic mass is 10.5. The van der Waals surface area contributed by atoms with E-state index in [0.29, 0.717) is 0 Å². The maximum Gasteiger partial charge on any atom is 0.185 e. The van der Waals surface area contributed by atoms with Crippen molar-refractivity contribution in [3.8, 4) is 0 Å². The minimum atomic E-state index is 0.121. The molecule has 2 nitrogen and oxygen atoms in total. The van der Waals surface area contributed by atoms with Gasteiger partial charge in [0.15, 0.2) is 5.17 Å². The van der Waals surface area contributed by atoms with Crippen molar-refractivity contribution in [2.45, 2.75) is 0 Å². The van der Waals surface area contributed by atoms with Gasteiger partial charge >= 0.3 is 0 Å². The zero-order chi connectivity index (χ0) is 7.56. The van der Waals surface area contributed by atoms with Gasteiger partial charge in [-0.05, 0) is 28.1 Å². The second kappa shape index (κ2) is 3.37. The second-order valence-electron chi connectivity index (χ2n) is 1.49. The average Bonchev–Trinajstić information content (AvgIpc) is 2.34. The van der Waals surface area contributed by atoms with E-state index in [1.54, 1.807) is 6.07 Å². The minimum absolute atomic E-state index is 0.121. The van der Waals surface area contributed by atoms with Gasteiger partial charge in [0.1, 0.15) is 0 Å². The van der Waals surface area contributed by atoms with Crippen LogP contribution in [-0.4, -0.2) is 10.4 Å². The first-order valence-corrected chi connectivity index (χ1v) is 4.36. The maximum absolute atomic E-state index is 8.24. The highest BCUT2D eigenvalue weighted by Crippen LogP contribution is 2.23. The molecule has 1 N–H and O–H groups in total. The Bertz CT molecular complexity index is 260. The minimum Gasteiger partial charge on any atom is -0.410 e. The van der Waals surface area contributed by atoms with E-state index in [4.69, 9.17) is 16.8 Å². The highest BCUT2D eigenvalue weighted by molar-refractivity contribution is 9.11. The van der Waals surface area contributed by atoms with E-state index >= 15 is 0 Å². The molecule has 0 spiro atoms. The molecule has 1 aromatic rings. The van der Waals surface area contributed by atoms with E-state index in [2.05, 4.69) is 21.1 Å². The molecule has 0 fully saturated rings. The standard InChI is InChI=1S/C5H3BrClNOS/c6-4-2-1-3(10-4)5(7)8-9/h1-2,9H/b8-5+. The Labute approximate surface area is 75.3 Å². The number of halogens is 2. The van der Waals surface area contributed by atoms with Crippen LogP contribution in [0.4, 0.5) is 0 Å². The van der Waals surface area contributed by atoms with Crippen LogP contribution in [0.25, 0.3) is 0 Å². The summed E-state index contributed by atoms with van der Waals surface area (Å²) >= 11 is 10.2. The van der Waals surface area contributed by atoms with E-state index < -0.39 is 0 Å². The lowest BCUT2D eigenvalue weighted by molar-refractivity contribution is 0.321. The Kier molecular flexibility index (Phi) is 2.71. The van der Waals surface area contributed by atoms with Gasteiger partial charge in [0, 0.05) is 0 Å². The molecule has 0 unspecified atom stereocenters. The second-order valence-corrected chi connectivity index (χ2v) is 4.32. The van der Waals surface area contributed by atoms with Crippen LogP contribution in [0.3, 0.4) is 0 Å². The Balaban J connectivity index is 2.95. The molecule has 0 aromatic carbocycles. The molecular weight excluding hydrogens is 237 g/mol. The number of rotatable bonds is 1. The van der Waals surface area contributed by atoms with Gasteiger partial charge < -0.3 is 5.21 Å². The zero-order valence-corrected chi connectivity index (χ0v) is 7.87. The summed E-state index contributed by atoms with van der Waals surface area (Å²) in [5, 5.41) is 11.2. The van der Waals surface area contributed by atoms with Crippen molar-refractivity contribution < 1.29 is 5.21 Å². The molecule has 0 amide bonds. The van der Waals surface area contributed by atoms with Crippen LogP contribution < -0.4 is 0 Å². The molecule has 1 heterocycles. The summed E-state index contributed by atoms with van der Waals surface area (Å²) in [6, 6.07) is 3.62. The molecule has 0 radical (unpaired) electrons. The summed E-state index contributed by atoms with van der Waals surface area (Å²) < 4.78 is 0.962. The van der Waals surface area contributed by atoms with Crippen molar-refractivity contribution in [2.75, 3.05) is 0 Å². The Hall–Kier alpha value is -0.0600. The molecule has 0 aliphatic heterocycles. The molecule has 0 saturated heterocycles. The van der Waals surface area contributed by atoms with Crippen LogP contribution >= 0.6 is 38.9 Å². The van der Waals surface area contributed by atoms with E-state index in [-0.39, 0.29) is 5.17 Å². The molecule has 0 saturated carbocycles. The van der Waals surface area contributed by atoms with Crippen molar-refractivity contribution in [1.82, 2.24) is 0 Å². The summed E-state index contributed by atoms with van der Waals surface area (Å²) in [6.45, 7) is 0. The topological polar surface area (TPSA) is 32.6 Å². The van der Waals surface area contributed by atoms with Crippen LogP contribution in [0, 0.1) is 0 Å². The monoisotopic (exact) mass is 239 g/mol. The zero-order valence-electron chi connectivity index (χ0n) is 4.71. The highest BCUT2D eigenvalue weighted by atomic mass is 79.9. The van der Waals surface area contributed by atoms with Gasteiger partial charge in [0.25, 0.3) is 0 Å². The van der Waals surface area contributed by atoms with Gasteiger partial charge in [-0.3, -0.25) is 0 Å². The van der Waals surface area contributed by atoms with Gasteiger partial charge in [0.2, 0.25) is 0 Å². The summed E-state index contributed by atoms with van der Waals surface area (Å²) in [4.78, 5) is 0.746. The highest BCUT2D eigenvalue weighted by Gasteiger charge is 2.02. The molecular formula is C5H3BrClNOS. The molecule has 0 bridgehead atoms. The normalized spacial score (nSPS) is 12.0. The van der Waals surface area contributed by atoms with E-state index in [0.717, 1.165) is 8.66 Å². The predicted molar refractivity (Wildman–Crippen MR) is 46.2 cm³/mol. The van der Waals surface area contributed by atoms with Gasteiger partial charge in [-0.2, -0.15) is 0 Å². The van der Waals surface area contributed by atoms with Crippen LogP contribution in [0.5, 0.6) is 0 Å². The third-order valence-corrected chi connectivity index (χ3v) is 2.89. The SMILES string of the molecule is O/N=C(/Cl)c1ccc(Br)s1. The summed E-state index contributed by atoms with van der Waals surface area (Å²) in [5.74, 6) is 0. The molecule has 10 heavy (non-hydrogen) atoms. The van der Waals surface area contributed by atoms with E-state index in [1.807, 2.05) is 6.07 Å². The number of thiophene rings is 1. The molecule has 54 valence electrons. The summed E-state index contributed by atoms with van der Waals surface area (Å²) in [7, 11) is 0. The smallest absolute Gasteiger partial charge is 0.185 e. The molecule has 0 aliphatic rings. The average molecular weight is 241 g/mol. The quantitative estimate of drug-likeness (QED) is 0.457. The molecule has 0 aliphatic carbocycles. The Morgan fingerprint density at radius 1 is 1.70 bits per heavy atom. The third-order valence-electron chi connectivity index (χ3n) is 0.864. The van der Waals surface area contributed by atoms with Crippen molar-refractivity contribution in [2.24, 2.45) is 5.16 Å². The maximum atomic E-state index is 8.24. The molecule has 0 atom stereocenters. The Morgan fingerprint density at radius 3 is 2.80 bits per heavy atom. The number of nitrogens with zero attached hydrogens (tertiary/aromatic N) is 1. The Morgan fingerprint density at radius 2 is 2.40 bits per heavy atom. The van der Waals surface area contributed by atoms with Crippen LogP contribution in [0.1, 0.15) is 4.88 Å². The fourth-order valence-corrected chi connectivity index (χ4v) is 1.92. The van der Waals surface area contributed by atoms with Gasteiger partial charge in [0.05, 0.1) is 8.66 Å². The summed E-state index contributed by atoms with van der Waals surface area (Å²) in [5.41, 5.74) is 0. The third kappa shape index (κ3) is 1.71. The van der Waals surface area contributed by atoms with Crippen molar-refractivity contribution in [1.29, 1.82) is 0 Å². The lowest BCUT2D eigenvalue weighted by Crippen LogP contribution is -1.83. The summed E-state index contributed by atoms with van der Waals surface area (Å²) in [6.07, 6.45) is 0. The first-order valence-electron chi connectivity index (χ1n) is 2.37. The number of oxime groups is 1. The fraction of sp³-hybridized carbons (Fsp3) is 0. The molecule has 1 rings (SSSR count). The first-order chi connectivity index (χ1) is 4.74. The van der Waals surface area contributed by atoms with Crippen LogP contribution in [-0.2, 0) is 0 Å². The van der Waals surface area contributed by atoms with Crippen LogP contribution in [0.15, 0.2) is 21.1 Å².